The number of hydrogen-bond donors (Lipinski definition) is 3. The predicted octanol–water partition coefficient (Wildman–Crippen LogP) is 2.36. The Morgan fingerprint density at radius 3 is 2.53 bits per heavy atom. The fraction of sp³-hybridized carbons (Fsp3) is 0.538. The molecule has 0 aliphatic heterocycles. The van der Waals surface area contributed by atoms with Gasteiger partial charge in [-0.3, -0.25) is 4.79 Å². The number of carbonyl (C=O) groups excluding carboxylic acids is 1. The highest BCUT2D eigenvalue weighted by molar-refractivity contribution is 7.08. The Labute approximate surface area is 117 Å². The minimum absolute atomic E-state index is 0.118. The molecule has 0 aromatic carbocycles. The van der Waals surface area contributed by atoms with Gasteiger partial charge in [-0.2, -0.15) is 11.3 Å². The number of nitrogens with one attached hydrogen (secondary N) is 2. The monoisotopic (exact) mass is 284 g/mol. The van der Waals surface area contributed by atoms with Crippen LogP contribution in [0.4, 0.5) is 4.79 Å². The maximum atomic E-state index is 11.6. The summed E-state index contributed by atoms with van der Waals surface area (Å²) in [5, 5.41) is 18.4. The minimum Gasteiger partial charge on any atom is -0.481 e. The molecule has 3 N–H and O–H groups in total. The third-order valence-corrected chi connectivity index (χ3v) is 4.25. The summed E-state index contributed by atoms with van der Waals surface area (Å²) in [6.07, 6.45) is 0.465. The van der Waals surface area contributed by atoms with Crippen LogP contribution in [0.2, 0.25) is 0 Å². The lowest BCUT2D eigenvalue weighted by molar-refractivity contribution is -0.147. The quantitative estimate of drug-likeness (QED) is 0.750. The number of aliphatic carboxylic acids is 1. The van der Waals surface area contributed by atoms with Crippen molar-refractivity contribution in [3.8, 4) is 0 Å². The van der Waals surface area contributed by atoms with Gasteiger partial charge in [0.25, 0.3) is 0 Å². The maximum Gasteiger partial charge on any atom is 0.315 e. The molecule has 1 aromatic heterocycles. The van der Waals surface area contributed by atoms with Gasteiger partial charge in [-0.15, -0.1) is 0 Å². The third-order valence-electron chi connectivity index (χ3n) is 3.34. The number of hydrogen-bond acceptors (Lipinski definition) is 3. The molecule has 0 saturated carbocycles. The lowest BCUT2D eigenvalue weighted by Crippen LogP contribution is -2.44. The summed E-state index contributed by atoms with van der Waals surface area (Å²) in [4.78, 5) is 22.7. The molecule has 0 aliphatic carbocycles. The molecule has 5 nitrogen and oxygen atoms in total. The Bertz CT molecular complexity index is 458. The van der Waals surface area contributed by atoms with E-state index in [9.17, 15) is 9.59 Å². The number of thiophene rings is 1. The Hall–Kier alpha value is -1.56. The van der Waals surface area contributed by atoms with E-state index in [1.165, 1.54) is 0 Å². The fourth-order valence-corrected chi connectivity index (χ4v) is 2.29. The van der Waals surface area contributed by atoms with Crippen molar-refractivity contribution in [1.29, 1.82) is 0 Å². The molecule has 0 bridgehead atoms. The normalized spacial score (nSPS) is 13.6. The van der Waals surface area contributed by atoms with Gasteiger partial charge in [0.05, 0.1) is 5.41 Å². The largest absolute Gasteiger partial charge is 0.481 e. The van der Waals surface area contributed by atoms with E-state index in [1.807, 2.05) is 17.7 Å². The van der Waals surface area contributed by atoms with Crippen molar-refractivity contribution in [2.75, 3.05) is 6.54 Å². The van der Waals surface area contributed by atoms with E-state index in [0.717, 1.165) is 11.1 Å². The molecule has 2 amide bonds. The second kappa shape index (κ2) is 6.56. The lowest BCUT2D eigenvalue weighted by atomic mass is 9.88. The first-order valence-electron chi connectivity index (χ1n) is 6.16. The molecule has 19 heavy (non-hydrogen) atoms. The smallest absolute Gasteiger partial charge is 0.315 e. The van der Waals surface area contributed by atoms with Gasteiger partial charge in [0, 0.05) is 13.1 Å². The van der Waals surface area contributed by atoms with Gasteiger partial charge in [-0.25, -0.2) is 4.79 Å². The van der Waals surface area contributed by atoms with Crippen molar-refractivity contribution >= 4 is 23.3 Å². The molecule has 1 rings (SSSR count). The van der Waals surface area contributed by atoms with Crippen LogP contribution >= 0.6 is 11.3 Å². The standard InChI is InChI=1S/C13H20N2O3S/c1-4-13(3,11(16)17)8-15-12(18)14-5-10-7-19-6-9(10)2/h6-7H,4-5,8H2,1-3H3,(H,16,17)(H2,14,15,18). The molecule has 1 unspecified atom stereocenters. The van der Waals surface area contributed by atoms with Crippen LogP contribution in [0.5, 0.6) is 0 Å². The molecule has 6 heteroatoms. The minimum atomic E-state index is -0.921. The summed E-state index contributed by atoms with van der Waals surface area (Å²) in [5.74, 6) is -0.899. The number of urea groups is 1. The fourth-order valence-electron chi connectivity index (χ4n) is 1.43. The van der Waals surface area contributed by atoms with Crippen molar-refractivity contribution in [3.63, 3.8) is 0 Å². The Morgan fingerprint density at radius 1 is 1.37 bits per heavy atom. The summed E-state index contributed by atoms with van der Waals surface area (Å²) >= 11 is 1.59. The van der Waals surface area contributed by atoms with E-state index in [2.05, 4.69) is 10.6 Å². The molecule has 0 saturated heterocycles. The average molecular weight is 284 g/mol. The first kappa shape index (κ1) is 15.5. The van der Waals surface area contributed by atoms with Crippen LogP contribution in [-0.4, -0.2) is 23.7 Å². The second-order valence-corrected chi connectivity index (χ2v) is 5.58. The van der Waals surface area contributed by atoms with E-state index >= 15 is 0 Å². The van der Waals surface area contributed by atoms with E-state index in [1.54, 1.807) is 25.2 Å². The van der Waals surface area contributed by atoms with E-state index in [-0.39, 0.29) is 12.6 Å². The molecular weight excluding hydrogens is 264 g/mol. The molecule has 0 aliphatic rings. The number of carboxylic acid groups (broad SMARTS) is 1. The summed E-state index contributed by atoms with van der Waals surface area (Å²) in [7, 11) is 0. The van der Waals surface area contributed by atoms with Crippen LogP contribution in [-0.2, 0) is 11.3 Å². The van der Waals surface area contributed by atoms with Crippen LogP contribution in [0.15, 0.2) is 10.8 Å². The highest BCUT2D eigenvalue weighted by Gasteiger charge is 2.31. The number of carboxylic acids is 1. The van der Waals surface area contributed by atoms with Gasteiger partial charge in [0.15, 0.2) is 0 Å². The van der Waals surface area contributed by atoms with Crippen LogP contribution in [0, 0.1) is 12.3 Å². The van der Waals surface area contributed by atoms with Gasteiger partial charge >= 0.3 is 12.0 Å². The summed E-state index contributed by atoms with van der Waals surface area (Å²) < 4.78 is 0. The molecular formula is C13H20N2O3S. The number of rotatable bonds is 6. The van der Waals surface area contributed by atoms with Crippen LogP contribution in [0.25, 0.3) is 0 Å². The molecule has 0 spiro atoms. The van der Waals surface area contributed by atoms with Crippen molar-refractivity contribution < 1.29 is 14.7 Å². The number of carbonyl (C=O) groups is 2. The molecule has 1 aromatic rings. The van der Waals surface area contributed by atoms with E-state index in [4.69, 9.17) is 5.11 Å². The lowest BCUT2D eigenvalue weighted by Gasteiger charge is -2.23. The zero-order valence-electron chi connectivity index (χ0n) is 11.4. The Balaban J connectivity index is 2.40. The third kappa shape index (κ3) is 4.24. The van der Waals surface area contributed by atoms with Gasteiger partial charge in [-0.05, 0) is 42.2 Å². The first-order valence-corrected chi connectivity index (χ1v) is 7.10. The molecule has 106 valence electrons. The Morgan fingerprint density at radius 2 is 2.05 bits per heavy atom. The van der Waals surface area contributed by atoms with Gasteiger partial charge in [0.1, 0.15) is 0 Å². The zero-order valence-corrected chi connectivity index (χ0v) is 12.3. The van der Waals surface area contributed by atoms with Crippen molar-refractivity contribution in [2.24, 2.45) is 5.41 Å². The van der Waals surface area contributed by atoms with Crippen LogP contribution < -0.4 is 10.6 Å². The summed E-state index contributed by atoms with van der Waals surface area (Å²) in [5.41, 5.74) is 1.31. The number of amides is 2. The molecule has 1 atom stereocenters. The van der Waals surface area contributed by atoms with Crippen molar-refractivity contribution in [1.82, 2.24) is 10.6 Å². The average Bonchev–Trinajstić information content (AvgIpc) is 2.78. The summed E-state index contributed by atoms with van der Waals surface area (Å²) in [6.45, 7) is 5.98. The number of aryl methyl sites for hydroxylation is 1. The molecule has 0 radical (unpaired) electrons. The summed E-state index contributed by atoms with van der Waals surface area (Å²) in [6, 6.07) is -0.341. The van der Waals surface area contributed by atoms with E-state index in [0.29, 0.717) is 13.0 Å². The van der Waals surface area contributed by atoms with Gasteiger partial charge in [-0.1, -0.05) is 6.92 Å². The van der Waals surface area contributed by atoms with Crippen LogP contribution in [0.1, 0.15) is 31.4 Å². The topological polar surface area (TPSA) is 78.4 Å². The SMILES string of the molecule is CCC(C)(CNC(=O)NCc1cscc1C)C(=O)O. The van der Waals surface area contributed by atoms with Crippen LogP contribution in [0.3, 0.4) is 0 Å². The van der Waals surface area contributed by atoms with Gasteiger partial charge < -0.3 is 15.7 Å². The first-order chi connectivity index (χ1) is 8.89. The predicted molar refractivity (Wildman–Crippen MR) is 75.3 cm³/mol. The zero-order chi connectivity index (χ0) is 14.5. The Kier molecular flexibility index (Phi) is 5.35. The second-order valence-electron chi connectivity index (χ2n) is 4.84. The highest BCUT2D eigenvalue weighted by Crippen LogP contribution is 2.19. The molecule has 0 fully saturated rings. The van der Waals surface area contributed by atoms with Crippen molar-refractivity contribution in [2.45, 2.75) is 33.7 Å². The maximum absolute atomic E-state index is 11.6. The van der Waals surface area contributed by atoms with Gasteiger partial charge in [0.2, 0.25) is 0 Å². The highest BCUT2D eigenvalue weighted by atomic mass is 32.1. The van der Waals surface area contributed by atoms with E-state index < -0.39 is 11.4 Å². The molecule has 1 heterocycles. The van der Waals surface area contributed by atoms with Crippen molar-refractivity contribution in [3.05, 3.63) is 21.9 Å².